The second-order valence-electron chi connectivity index (χ2n) is 4.17. The Hall–Kier alpha value is -2.16. The van der Waals surface area contributed by atoms with E-state index in [0.29, 0.717) is 16.9 Å². The number of Topliss-reactive ketones (excluding diaryl/α,β-unsaturated/α-hetero) is 2. The molecule has 0 heterocycles. The maximum Gasteiger partial charge on any atom is 0.164 e. The molecule has 0 amide bonds. The normalized spacial score (nSPS) is 10.4. The molecule has 0 radical (unpaired) electrons. The van der Waals surface area contributed by atoms with Crippen LogP contribution in [0, 0.1) is 0 Å². The highest BCUT2D eigenvalue weighted by molar-refractivity contribution is 6.14. The quantitative estimate of drug-likeness (QED) is 0.776. The minimum Gasteiger partial charge on any atom is -0.495 e. The van der Waals surface area contributed by atoms with Crippen LogP contribution in [0.2, 0.25) is 0 Å². The number of fused-ring (bicyclic) bond motifs is 1. The monoisotopic (exact) mass is 242 g/mol. The maximum absolute atomic E-state index is 11.8. The van der Waals surface area contributed by atoms with Gasteiger partial charge in [-0.2, -0.15) is 0 Å². The van der Waals surface area contributed by atoms with Crippen LogP contribution in [0.1, 0.15) is 34.6 Å². The highest BCUT2D eigenvalue weighted by Crippen LogP contribution is 2.32. The molecule has 2 rings (SSSR count). The van der Waals surface area contributed by atoms with Gasteiger partial charge in [0.1, 0.15) is 5.75 Å². The van der Waals surface area contributed by atoms with Gasteiger partial charge in [0.25, 0.3) is 0 Å². The fourth-order valence-electron chi connectivity index (χ4n) is 2.15. The van der Waals surface area contributed by atoms with Gasteiger partial charge in [-0.3, -0.25) is 9.59 Å². The van der Waals surface area contributed by atoms with E-state index in [1.807, 2.05) is 24.3 Å². The Labute approximate surface area is 105 Å². The second kappa shape index (κ2) is 4.61. The number of carbonyl (C=O) groups excluding carboxylic acids is 2. The van der Waals surface area contributed by atoms with Gasteiger partial charge in [-0.15, -0.1) is 0 Å². The zero-order valence-corrected chi connectivity index (χ0v) is 10.6. The number of ether oxygens (including phenoxy) is 1. The molecule has 2 aromatic carbocycles. The van der Waals surface area contributed by atoms with Crippen molar-refractivity contribution in [3.05, 3.63) is 41.5 Å². The second-order valence-corrected chi connectivity index (χ2v) is 4.17. The first-order valence-corrected chi connectivity index (χ1v) is 5.68. The van der Waals surface area contributed by atoms with Crippen LogP contribution in [0.15, 0.2) is 30.3 Å². The Balaban J connectivity index is 2.96. The highest BCUT2D eigenvalue weighted by Gasteiger charge is 2.19. The molecule has 3 heteroatoms. The molecule has 0 atom stereocenters. The summed E-state index contributed by atoms with van der Waals surface area (Å²) < 4.78 is 5.27. The van der Waals surface area contributed by atoms with Crippen LogP contribution in [0.4, 0.5) is 0 Å². The summed E-state index contributed by atoms with van der Waals surface area (Å²) in [7, 11) is 1.48. The summed E-state index contributed by atoms with van der Waals surface area (Å²) in [5, 5.41) is 1.68. The molecular weight excluding hydrogens is 228 g/mol. The van der Waals surface area contributed by atoms with E-state index in [9.17, 15) is 9.59 Å². The van der Waals surface area contributed by atoms with Crippen LogP contribution >= 0.6 is 0 Å². The third-order valence-electron chi connectivity index (χ3n) is 2.94. The van der Waals surface area contributed by atoms with Crippen molar-refractivity contribution in [3.63, 3.8) is 0 Å². The number of carbonyl (C=O) groups is 2. The average molecular weight is 242 g/mol. The Kier molecular flexibility index (Phi) is 3.15. The van der Waals surface area contributed by atoms with Crippen LogP contribution in [0.3, 0.4) is 0 Å². The van der Waals surface area contributed by atoms with Crippen molar-refractivity contribution < 1.29 is 14.3 Å². The van der Waals surface area contributed by atoms with Crippen LogP contribution in [0.5, 0.6) is 5.75 Å². The molecule has 0 aromatic heterocycles. The minimum absolute atomic E-state index is 0.105. The van der Waals surface area contributed by atoms with Crippen molar-refractivity contribution in [2.24, 2.45) is 0 Å². The number of ketones is 2. The largest absolute Gasteiger partial charge is 0.495 e. The molecule has 0 saturated carbocycles. The van der Waals surface area contributed by atoms with Gasteiger partial charge in [0.05, 0.1) is 18.2 Å². The smallest absolute Gasteiger partial charge is 0.164 e. The van der Waals surface area contributed by atoms with E-state index in [4.69, 9.17) is 4.74 Å². The lowest BCUT2D eigenvalue weighted by Gasteiger charge is -2.13. The zero-order chi connectivity index (χ0) is 13.3. The fourth-order valence-corrected chi connectivity index (χ4v) is 2.15. The van der Waals surface area contributed by atoms with Crippen molar-refractivity contribution in [1.29, 1.82) is 0 Å². The van der Waals surface area contributed by atoms with Gasteiger partial charge >= 0.3 is 0 Å². The van der Waals surface area contributed by atoms with Crippen LogP contribution < -0.4 is 4.74 Å². The standard InChI is InChI=1S/C15H14O3/c1-9(16)13-8-11-6-4-5-7-12(11)14(10(2)17)15(13)18-3/h4-8H,1-3H3. The van der Waals surface area contributed by atoms with Gasteiger partial charge in [0.2, 0.25) is 0 Å². The van der Waals surface area contributed by atoms with E-state index >= 15 is 0 Å². The minimum atomic E-state index is -0.111. The summed E-state index contributed by atoms with van der Waals surface area (Å²) in [5.74, 6) is 0.153. The Morgan fingerprint density at radius 2 is 1.72 bits per heavy atom. The molecule has 0 bridgehead atoms. The van der Waals surface area contributed by atoms with E-state index in [-0.39, 0.29) is 11.6 Å². The molecule has 18 heavy (non-hydrogen) atoms. The molecule has 3 nitrogen and oxygen atoms in total. The third-order valence-corrected chi connectivity index (χ3v) is 2.94. The molecule has 0 N–H and O–H groups in total. The molecule has 0 aliphatic carbocycles. The van der Waals surface area contributed by atoms with E-state index < -0.39 is 0 Å². The van der Waals surface area contributed by atoms with Crippen molar-refractivity contribution in [3.8, 4) is 5.75 Å². The first kappa shape index (κ1) is 12.3. The van der Waals surface area contributed by atoms with Gasteiger partial charge in [-0.1, -0.05) is 24.3 Å². The predicted molar refractivity (Wildman–Crippen MR) is 70.5 cm³/mol. The molecule has 0 fully saturated rings. The van der Waals surface area contributed by atoms with Crippen molar-refractivity contribution in [2.75, 3.05) is 7.11 Å². The molecule has 0 aliphatic heterocycles. The molecule has 2 aromatic rings. The van der Waals surface area contributed by atoms with Gasteiger partial charge < -0.3 is 4.74 Å². The summed E-state index contributed by atoms with van der Waals surface area (Å²) in [6.45, 7) is 2.95. The molecule has 0 unspecified atom stereocenters. The van der Waals surface area contributed by atoms with Gasteiger partial charge in [0.15, 0.2) is 11.6 Å². The van der Waals surface area contributed by atoms with Crippen molar-refractivity contribution >= 4 is 22.3 Å². The summed E-state index contributed by atoms with van der Waals surface area (Å²) in [6, 6.07) is 9.25. The average Bonchev–Trinajstić information content (AvgIpc) is 2.35. The van der Waals surface area contributed by atoms with Crippen LogP contribution in [0.25, 0.3) is 10.8 Å². The first-order valence-electron chi connectivity index (χ1n) is 5.68. The maximum atomic E-state index is 11.8. The molecule has 92 valence electrons. The highest BCUT2D eigenvalue weighted by atomic mass is 16.5. The number of rotatable bonds is 3. The number of hydrogen-bond acceptors (Lipinski definition) is 3. The van der Waals surface area contributed by atoms with E-state index in [1.54, 1.807) is 6.07 Å². The van der Waals surface area contributed by atoms with E-state index in [2.05, 4.69) is 0 Å². The van der Waals surface area contributed by atoms with Gasteiger partial charge in [-0.25, -0.2) is 0 Å². The lowest BCUT2D eigenvalue weighted by atomic mass is 9.95. The van der Waals surface area contributed by atoms with Crippen molar-refractivity contribution in [2.45, 2.75) is 13.8 Å². The Morgan fingerprint density at radius 1 is 1.06 bits per heavy atom. The molecular formula is C15H14O3. The van der Waals surface area contributed by atoms with Crippen LogP contribution in [-0.4, -0.2) is 18.7 Å². The van der Waals surface area contributed by atoms with E-state index in [1.165, 1.54) is 21.0 Å². The number of methoxy groups -OCH3 is 1. The topological polar surface area (TPSA) is 43.4 Å². The fraction of sp³-hybridized carbons (Fsp3) is 0.200. The Morgan fingerprint density at radius 3 is 2.28 bits per heavy atom. The SMILES string of the molecule is COc1c(C(C)=O)cc2ccccc2c1C(C)=O. The zero-order valence-electron chi connectivity index (χ0n) is 10.6. The molecule has 0 spiro atoms. The number of benzene rings is 2. The van der Waals surface area contributed by atoms with E-state index in [0.717, 1.165) is 10.8 Å². The summed E-state index contributed by atoms with van der Waals surface area (Å²) in [6.07, 6.45) is 0. The first-order chi connectivity index (χ1) is 8.56. The Bertz CT molecular complexity index is 641. The van der Waals surface area contributed by atoms with Gasteiger partial charge in [-0.05, 0) is 30.7 Å². The number of hydrogen-bond donors (Lipinski definition) is 0. The third kappa shape index (κ3) is 1.88. The lowest BCUT2D eigenvalue weighted by Crippen LogP contribution is -2.05. The summed E-state index contributed by atoms with van der Waals surface area (Å²) >= 11 is 0. The van der Waals surface area contributed by atoms with Crippen LogP contribution in [-0.2, 0) is 0 Å². The predicted octanol–water partition coefficient (Wildman–Crippen LogP) is 3.25. The molecule has 0 saturated heterocycles. The summed E-state index contributed by atoms with van der Waals surface area (Å²) in [5.41, 5.74) is 0.919. The van der Waals surface area contributed by atoms with Gasteiger partial charge in [0, 0.05) is 0 Å². The molecule has 0 aliphatic rings. The lowest BCUT2D eigenvalue weighted by molar-refractivity contribution is 0.101. The summed E-state index contributed by atoms with van der Waals surface area (Å²) in [4.78, 5) is 23.5. The van der Waals surface area contributed by atoms with Crippen molar-refractivity contribution in [1.82, 2.24) is 0 Å².